The highest BCUT2D eigenvalue weighted by atomic mass is 16.6. The SMILES string of the molecule is COc1ccc2cc(C[NH+](C)CC(=O)Nc3ccc([N+](=O)[O-])cc3)ccc2c1. The molecule has 0 aliphatic heterocycles. The van der Waals surface area contributed by atoms with Gasteiger partial charge >= 0.3 is 0 Å². The van der Waals surface area contributed by atoms with Gasteiger partial charge in [0.1, 0.15) is 12.3 Å². The molecule has 1 unspecified atom stereocenters. The predicted octanol–water partition coefficient (Wildman–Crippen LogP) is 2.41. The highest BCUT2D eigenvalue weighted by Gasteiger charge is 2.12. The molecule has 0 bridgehead atoms. The maximum Gasteiger partial charge on any atom is 0.279 e. The van der Waals surface area contributed by atoms with E-state index >= 15 is 0 Å². The number of ether oxygens (including phenoxy) is 1. The van der Waals surface area contributed by atoms with Crippen LogP contribution in [0.15, 0.2) is 60.7 Å². The molecule has 0 spiro atoms. The van der Waals surface area contributed by atoms with Crippen molar-refractivity contribution in [3.05, 3.63) is 76.3 Å². The van der Waals surface area contributed by atoms with Crippen LogP contribution in [0, 0.1) is 10.1 Å². The summed E-state index contributed by atoms with van der Waals surface area (Å²) in [6.45, 7) is 0.993. The van der Waals surface area contributed by atoms with Crippen LogP contribution >= 0.6 is 0 Å². The standard InChI is InChI=1S/C21H21N3O4/c1-23(14-21(25)22-18-6-8-19(9-7-18)24(26)27)13-15-3-4-17-12-20(28-2)10-5-16(17)11-15/h3-12H,13-14H2,1-2H3,(H,22,25)/p+1. The van der Waals surface area contributed by atoms with Gasteiger partial charge in [0.2, 0.25) is 0 Å². The number of hydrogen-bond donors (Lipinski definition) is 2. The number of fused-ring (bicyclic) bond motifs is 1. The number of carbonyl (C=O) groups is 1. The van der Waals surface area contributed by atoms with Crippen molar-refractivity contribution in [2.45, 2.75) is 6.54 Å². The summed E-state index contributed by atoms with van der Waals surface area (Å²) in [6.07, 6.45) is 0. The van der Waals surface area contributed by atoms with Crippen LogP contribution in [0.5, 0.6) is 5.75 Å². The lowest BCUT2D eigenvalue weighted by Crippen LogP contribution is -3.08. The molecule has 144 valence electrons. The zero-order valence-electron chi connectivity index (χ0n) is 15.8. The molecule has 0 aliphatic rings. The number of nitro benzene ring substituents is 1. The number of hydrogen-bond acceptors (Lipinski definition) is 4. The summed E-state index contributed by atoms with van der Waals surface area (Å²) in [6, 6.07) is 18.0. The first kappa shape index (κ1) is 19.3. The number of carbonyl (C=O) groups excluding carboxylic acids is 1. The Morgan fingerprint density at radius 3 is 2.43 bits per heavy atom. The summed E-state index contributed by atoms with van der Waals surface area (Å²) in [7, 11) is 3.60. The van der Waals surface area contributed by atoms with Crippen molar-refractivity contribution in [3.8, 4) is 5.75 Å². The Labute approximate surface area is 162 Å². The Morgan fingerprint density at radius 2 is 1.75 bits per heavy atom. The first-order valence-corrected chi connectivity index (χ1v) is 8.87. The number of non-ortho nitro benzene ring substituents is 1. The Morgan fingerprint density at radius 1 is 1.07 bits per heavy atom. The highest BCUT2D eigenvalue weighted by Crippen LogP contribution is 2.21. The second kappa shape index (κ2) is 8.49. The summed E-state index contributed by atoms with van der Waals surface area (Å²) < 4.78 is 5.25. The van der Waals surface area contributed by atoms with Crippen molar-refractivity contribution < 1.29 is 19.4 Å². The molecule has 2 N–H and O–H groups in total. The molecule has 0 heterocycles. The minimum absolute atomic E-state index is 0.00494. The summed E-state index contributed by atoms with van der Waals surface area (Å²) in [4.78, 5) is 23.5. The Hall–Kier alpha value is -3.45. The number of nitrogens with one attached hydrogen (secondary N) is 2. The smallest absolute Gasteiger partial charge is 0.279 e. The van der Waals surface area contributed by atoms with Crippen LogP contribution in [0.25, 0.3) is 10.8 Å². The van der Waals surface area contributed by atoms with Crippen molar-refractivity contribution in [1.29, 1.82) is 0 Å². The quantitative estimate of drug-likeness (QED) is 0.487. The average molecular weight is 380 g/mol. The van der Waals surface area contributed by atoms with Crippen LogP contribution in [0.2, 0.25) is 0 Å². The molecule has 1 atom stereocenters. The zero-order chi connectivity index (χ0) is 20.1. The summed E-state index contributed by atoms with van der Waals surface area (Å²) in [5, 5.41) is 15.7. The van der Waals surface area contributed by atoms with Crippen LogP contribution in [-0.2, 0) is 11.3 Å². The third-order valence-corrected chi connectivity index (χ3v) is 4.44. The van der Waals surface area contributed by atoms with Crippen LogP contribution in [0.4, 0.5) is 11.4 Å². The van der Waals surface area contributed by atoms with Gasteiger partial charge in [-0.1, -0.05) is 18.2 Å². The van der Waals surface area contributed by atoms with Crippen molar-refractivity contribution in [1.82, 2.24) is 0 Å². The molecule has 28 heavy (non-hydrogen) atoms. The maximum absolute atomic E-state index is 12.2. The molecule has 7 heteroatoms. The minimum atomic E-state index is -0.469. The lowest BCUT2D eigenvalue weighted by molar-refractivity contribution is -0.885. The Balaban J connectivity index is 1.58. The second-order valence-corrected chi connectivity index (χ2v) is 6.71. The van der Waals surface area contributed by atoms with Crippen LogP contribution in [0.1, 0.15) is 5.56 Å². The first-order valence-electron chi connectivity index (χ1n) is 8.87. The largest absolute Gasteiger partial charge is 0.497 e. The zero-order valence-corrected chi connectivity index (χ0v) is 15.8. The lowest BCUT2D eigenvalue weighted by atomic mass is 10.1. The fourth-order valence-electron chi connectivity index (χ4n) is 3.07. The van der Waals surface area contributed by atoms with E-state index in [9.17, 15) is 14.9 Å². The lowest BCUT2D eigenvalue weighted by Gasteiger charge is -2.14. The topological polar surface area (TPSA) is 85.9 Å². The van der Waals surface area contributed by atoms with E-state index in [1.54, 1.807) is 7.11 Å². The highest BCUT2D eigenvalue weighted by molar-refractivity contribution is 5.91. The molecule has 1 amide bonds. The summed E-state index contributed by atoms with van der Waals surface area (Å²) >= 11 is 0. The Kier molecular flexibility index (Phi) is 5.86. The van der Waals surface area contributed by atoms with Crippen LogP contribution in [0.3, 0.4) is 0 Å². The molecule has 7 nitrogen and oxygen atoms in total. The van der Waals surface area contributed by atoms with E-state index in [0.717, 1.165) is 27.0 Å². The number of quaternary nitrogens is 1. The second-order valence-electron chi connectivity index (χ2n) is 6.71. The molecule has 3 aromatic carbocycles. The molecule has 0 saturated carbocycles. The van der Waals surface area contributed by atoms with Crippen molar-refractivity contribution in [2.75, 3.05) is 26.0 Å². The van der Waals surface area contributed by atoms with Crippen molar-refractivity contribution in [3.63, 3.8) is 0 Å². The van der Waals surface area contributed by atoms with Gasteiger partial charge in [-0.05, 0) is 41.1 Å². The van der Waals surface area contributed by atoms with Gasteiger partial charge in [0.15, 0.2) is 6.54 Å². The molecule has 0 fully saturated rings. The van der Waals surface area contributed by atoms with Crippen LogP contribution < -0.4 is 15.0 Å². The van der Waals surface area contributed by atoms with E-state index in [2.05, 4.69) is 23.5 Å². The van der Waals surface area contributed by atoms with Crippen LogP contribution in [-0.4, -0.2) is 31.5 Å². The van der Waals surface area contributed by atoms with E-state index in [1.807, 2.05) is 25.2 Å². The van der Waals surface area contributed by atoms with E-state index in [1.165, 1.54) is 24.3 Å². The number of amides is 1. The van der Waals surface area contributed by atoms with Gasteiger partial charge in [0.25, 0.3) is 11.6 Å². The number of likely N-dealkylation sites (N-methyl/N-ethyl adjacent to an activating group) is 1. The van der Waals surface area contributed by atoms with Crippen molar-refractivity contribution in [2.24, 2.45) is 0 Å². The molecule has 0 saturated heterocycles. The summed E-state index contributed by atoms with van der Waals surface area (Å²) in [5.74, 6) is 0.683. The number of anilines is 1. The van der Waals surface area contributed by atoms with Gasteiger partial charge in [0.05, 0.1) is 19.1 Å². The molecule has 0 aromatic heterocycles. The predicted molar refractivity (Wildman–Crippen MR) is 108 cm³/mol. The number of nitro groups is 1. The van der Waals surface area contributed by atoms with E-state index < -0.39 is 4.92 Å². The fourth-order valence-corrected chi connectivity index (χ4v) is 3.07. The summed E-state index contributed by atoms with van der Waals surface area (Å²) in [5.41, 5.74) is 1.68. The number of nitrogens with zero attached hydrogens (tertiary/aromatic N) is 1. The normalized spacial score (nSPS) is 11.8. The van der Waals surface area contributed by atoms with Gasteiger partial charge in [-0.3, -0.25) is 14.9 Å². The number of benzene rings is 3. The molecular formula is C21H22N3O4+. The monoisotopic (exact) mass is 380 g/mol. The third-order valence-electron chi connectivity index (χ3n) is 4.44. The first-order chi connectivity index (χ1) is 13.4. The maximum atomic E-state index is 12.2. The van der Waals surface area contributed by atoms with Gasteiger partial charge in [-0.25, -0.2) is 0 Å². The van der Waals surface area contributed by atoms with E-state index in [0.29, 0.717) is 12.2 Å². The molecular weight excluding hydrogens is 358 g/mol. The van der Waals surface area contributed by atoms with E-state index in [4.69, 9.17) is 4.74 Å². The van der Waals surface area contributed by atoms with Gasteiger partial charge < -0.3 is 15.0 Å². The number of methoxy groups -OCH3 is 1. The van der Waals surface area contributed by atoms with Crippen molar-refractivity contribution >= 4 is 28.1 Å². The van der Waals surface area contributed by atoms with E-state index in [-0.39, 0.29) is 18.1 Å². The molecule has 0 radical (unpaired) electrons. The molecule has 3 rings (SSSR count). The minimum Gasteiger partial charge on any atom is -0.497 e. The average Bonchev–Trinajstić information content (AvgIpc) is 2.67. The van der Waals surface area contributed by atoms with Gasteiger partial charge in [0, 0.05) is 23.4 Å². The molecule has 3 aromatic rings. The molecule has 0 aliphatic carbocycles. The fraction of sp³-hybridized carbons (Fsp3) is 0.190. The number of rotatable bonds is 7. The Bertz CT molecular complexity index is 1000. The van der Waals surface area contributed by atoms with Gasteiger partial charge in [-0.15, -0.1) is 0 Å². The van der Waals surface area contributed by atoms with Gasteiger partial charge in [-0.2, -0.15) is 0 Å². The third kappa shape index (κ3) is 4.83.